The zero-order chi connectivity index (χ0) is 16.3. The van der Waals surface area contributed by atoms with Crippen LogP contribution in [0.3, 0.4) is 0 Å². The molecule has 1 unspecified atom stereocenters. The van der Waals surface area contributed by atoms with Crippen LogP contribution >= 0.6 is 0 Å². The van der Waals surface area contributed by atoms with Gasteiger partial charge in [-0.15, -0.1) is 0 Å². The van der Waals surface area contributed by atoms with E-state index in [-0.39, 0.29) is 18.2 Å². The molecular weight excluding hydrogens is 284 g/mol. The van der Waals surface area contributed by atoms with Crippen LogP contribution in [0, 0.1) is 0 Å². The Bertz CT molecular complexity index is 686. The SMILES string of the molecule is CC(O)CN(C(=O)c1ccc(-c2ccco2)[nH]c1=O)C(C)C. The highest BCUT2D eigenvalue weighted by Gasteiger charge is 2.22. The Morgan fingerprint density at radius 3 is 2.55 bits per heavy atom. The molecule has 2 rings (SSSR count). The van der Waals surface area contributed by atoms with Gasteiger partial charge in [0.05, 0.1) is 18.1 Å². The van der Waals surface area contributed by atoms with Gasteiger partial charge < -0.3 is 19.4 Å². The van der Waals surface area contributed by atoms with Crippen LogP contribution in [-0.4, -0.2) is 39.6 Å². The van der Waals surface area contributed by atoms with Crippen LogP contribution in [-0.2, 0) is 0 Å². The fourth-order valence-corrected chi connectivity index (χ4v) is 2.19. The number of nitrogens with one attached hydrogen (secondary N) is 1. The molecule has 0 aliphatic carbocycles. The Hall–Kier alpha value is -2.34. The third-order valence-corrected chi connectivity index (χ3v) is 3.27. The number of carbonyl (C=O) groups is 1. The number of hydrogen-bond donors (Lipinski definition) is 2. The van der Waals surface area contributed by atoms with Crippen LogP contribution < -0.4 is 5.56 Å². The second-order valence-corrected chi connectivity index (χ2v) is 5.49. The molecule has 2 heterocycles. The highest BCUT2D eigenvalue weighted by molar-refractivity contribution is 5.94. The molecule has 0 spiro atoms. The molecule has 2 N–H and O–H groups in total. The number of nitrogens with zero attached hydrogens (tertiary/aromatic N) is 1. The van der Waals surface area contributed by atoms with Gasteiger partial charge >= 0.3 is 0 Å². The Balaban J connectivity index is 2.32. The molecule has 0 saturated heterocycles. The lowest BCUT2D eigenvalue weighted by atomic mass is 10.1. The molecule has 1 atom stereocenters. The molecule has 0 radical (unpaired) electrons. The molecule has 0 aliphatic heterocycles. The topological polar surface area (TPSA) is 86.5 Å². The molecule has 2 aromatic heterocycles. The highest BCUT2D eigenvalue weighted by Crippen LogP contribution is 2.16. The van der Waals surface area contributed by atoms with Crippen molar-refractivity contribution in [3.05, 3.63) is 46.4 Å². The first kappa shape index (κ1) is 16.0. The third kappa shape index (κ3) is 3.46. The summed E-state index contributed by atoms with van der Waals surface area (Å²) in [6.45, 7) is 5.46. The van der Waals surface area contributed by atoms with Gasteiger partial charge in [0.25, 0.3) is 11.5 Å². The first-order valence-electron chi connectivity index (χ1n) is 7.16. The highest BCUT2D eigenvalue weighted by atomic mass is 16.3. The molecule has 0 bridgehead atoms. The summed E-state index contributed by atoms with van der Waals surface area (Å²) >= 11 is 0. The van der Waals surface area contributed by atoms with E-state index in [4.69, 9.17) is 4.42 Å². The Morgan fingerprint density at radius 1 is 1.32 bits per heavy atom. The fraction of sp³-hybridized carbons (Fsp3) is 0.375. The summed E-state index contributed by atoms with van der Waals surface area (Å²) in [6.07, 6.45) is 0.850. The molecule has 0 fully saturated rings. The minimum Gasteiger partial charge on any atom is -0.463 e. The van der Waals surface area contributed by atoms with Crippen LogP contribution in [0.15, 0.2) is 39.7 Å². The zero-order valence-corrected chi connectivity index (χ0v) is 12.9. The number of aromatic nitrogens is 1. The number of furan rings is 1. The van der Waals surface area contributed by atoms with E-state index < -0.39 is 17.6 Å². The van der Waals surface area contributed by atoms with Crippen molar-refractivity contribution < 1.29 is 14.3 Å². The molecule has 6 nitrogen and oxygen atoms in total. The van der Waals surface area contributed by atoms with E-state index in [1.807, 2.05) is 13.8 Å². The van der Waals surface area contributed by atoms with Crippen LogP contribution in [0.2, 0.25) is 0 Å². The van der Waals surface area contributed by atoms with Gasteiger partial charge in [0, 0.05) is 12.6 Å². The second-order valence-electron chi connectivity index (χ2n) is 5.49. The van der Waals surface area contributed by atoms with Crippen LogP contribution in [0.25, 0.3) is 11.5 Å². The normalized spacial score (nSPS) is 12.4. The average molecular weight is 304 g/mol. The monoisotopic (exact) mass is 304 g/mol. The van der Waals surface area contributed by atoms with Gasteiger partial charge in [-0.1, -0.05) is 0 Å². The lowest BCUT2D eigenvalue weighted by Crippen LogP contribution is -2.43. The van der Waals surface area contributed by atoms with Gasteiger partial charge in [0.1, 0.15) is 11.3 Å². The van der Waals surface area contributed by atoms with Crippen molar-refractivity contribution >= 4 is 5.91 Å². The summed E-state index contributed by atoms with van der Waals surface area (Å²) in [5.74, 6) is 0.129. The lowest BCUT2D eigenvalue weighted by molar-refractivity contribution is 0.0577. The number of rotatable bonds is 5. The van der Waals surface area contributed by atoms with Crippen molar-refractivity contribution in [2.45, 2.75) is 32.9 Å². The molecule has 0 aromatic carbocycles. The van der Waals surface area contributed by atoms with E-state index in [1.165, 1.54) is 17.2 Å². The molecule has 0 aliphatic rings. The van der Waals surface area contributed by atoms with Crippen molar-refractivity contribution in [3.8, 4) is 11.5 Å². The number of amides is 1. The van der Waals surface area contributed by atoms with E-state index in [2.05, 4.69) is 4.98 Å². The number of H-pyrrole nitrogens is 1. The maximum Gasteiger partial charge on any atom is 0.261 e. The maximum atomic E-state index is 12.5. The van der Waals surface area contributed by atoms with E-state index in [0.29, 0.717) is 11.5 Å². The van der Waals surface area contributed by atoms with Crippen LogP contribution in [0.1, 0.15) is 31.1 Å². The van der Waals surface area contributed by atoms with Gasteiger partial charge in [0.15, 0.2) is 0 Å². The van der Waals surface area contributed by atoms with E-state index in [0.717, 1.165) is 0 Å². The molecule has 1 amide bonds. The van der Waals surface area contributed by atoms with Crippen molar-refractivity contribution in [1.82, 2.24) is 9.88 Å². The smallest absolute Gasteiger partial charge is 0.261 e. The number of carbonyl (C=O) groups excluding carboxylic acids is 1. The maximum absolute atomic E-state index is 12.5. The molecule has 22 heavy (non-hydrogen) atoms. The lowest BCUT2D eigenvalue weighted by Gasteiger charge is -2.27. The largest absolute Gasteiger partial charge is 0.463 e. The molecular formula is C16H20N2O4. The van der Waals surface area contributed by atoms with Crippen molar-refractivity contribution in [2.24, 2.45) is 0 Å². The minimum absolute atomic E-state index is 0.0460. The Kier molecular flexibility index (Phi) is 4.82. The summed E-state index contributed by atoms with van der Waals surface area (Å²) in [6, 6.07) is 6.44. The number of aromatic amines is 1. The second kappa shape index (κ2) is 6.62. The predicted octanol–water partition coefficient (Wildman–Crippen LogP) is 1.87. The molecule has 0 saturated carbocycles. The number of aliphatic hydroxyl groups is 1. The first-order valence-corrected chi connectivity index (χ1v) is 7.16. The molecule has 118 valence electrons. The molecule has 2 aromatic rings. The summed E-state index contributed by atoms with van der Waals surface area (Å²) in [5.41, 5.74) is 0.0815. The van der Waals surface area contributed by atoms with Crippen molar-refractivity contribution in [1.29, 1.82) is 0 Å². The Morgan fingerprint density at radius 2 is 2.05 bits per heavy atom. The van der Waals surface area contributed by atoms with E-state index in [9.17, 15) is 14.7 Å². The minimum atomic E-state index is -0.659. The van der Waals surface area contributed by atoms with E-state index in [1.54, 1.807) is 25.1 Å². The number of hydrogen-bond acceptors (Lipinski definition) is 4. The summed E-state index contributed by atoms with van der Waals surface area (Å²) < 4.78 is 5.21. The third-order valence-electron chi connectivity index (χ3n) is 3.27. The quantitative estimate of drug-likeness (QED) is 0.883. The van der Waals surface area contributed by atoms with Crippen molar-refractivity contribution in [3.63, 3.8) is 0 Å². The van der Waals surface area contributed by atoms with Gasteiger partial charge in [-0.3, -0.25) is 9.59 Å². The summed E-state index contributed by atoms with van der Waals surface area (Å²) in [4.78, 5) is 28.8. The number of pyridine rings is 1. The number of aliphatic hydroxyl groups excluding tert-OH is 1. The molecule has 6 heteroatoms. The standard InChI is InChI=1S/C16H20N2O4/c1-10(2)18(9-11(3)19)16(21)12-6-7-13(17-15(12)20)14-5-4-8-22-14/h4-8,10-11,19H,9H2,1-3H3,(H,17,20). The summed E-state index contributed by atoms with van der Waals surface area (Å²) in [5, 5.41) is 9.51. The van der Waals surface area contributed by atoms with Gasteiger partial charge in [-0.25, -0.2) is 0 Å². The average Bonchev–Trinajstić information content (AvgIpc) is 2.97. The van der Waals surface area contributed by atoms with E-state index >= 15 is 0 Å². The van der Waals surface area contributed by atoms with Gasteiger partial charge in [0.2, 0.25) is 0 Å². The van der Waals surface area contributed by atoms with Crippen LogP contribution in [0.5, 0.6) is 0 Å². The van der Waals surface area contributed by atoms with Gasteiger partial charge in [-0.2, -0.15) is 0 Å². The van der Waals surface area contributed by atoms with Crippen LogP contribution in [0.4, 0.5) is 0 Å². The fourth-order valence-electron chi connectivity index (χ4n) is 2.19. The van der Waals surface area contributed by atoms with Gasteiger partial charge in [-0.05, 0) is 45.0 Å². The zero-order valence-electron chi connectivity index (χ0n) is 12.9. The first-order chi connectivity index (χ1) is 10.4. The Labute approximate surface area is 128 Å². The van der Waals surface area contributed by atoms with Crippen molar-refractivity contribution in [2.75, 3.05) is 6.54 Å². The summed E-state index contributed by atoms with van der Waals surface area (Å²) in [7, 11) is 0. The predicted molar refractivity (Wildman–Crippen MR) is 82.6 cm³/mol.